The van der Waals surface area contributed by atoms with Crippen molar-refractivity contribution < 1.29 is 14.6 Å². The van der Waals surface area contributed by atoms with Gasteiger partial charge >= 0.3 is 0 Å². The molecule has 5 heteroatoms. The fraction of sp³-hybridized carbons (Fsp3) is 0.783. The third-order valence-corrected chi connectivity index (χ3v) is 6.96. The largest absolute Gasteiger partial charge is 0.386 e. The summed E-state index contributed by atoms with van der Waals surface area (Å²) in [7, 11) is 0. The summed E-state index contributed by atoms with van der Waals surface area (Å²) in [6.45, 7) is 2.12. The fourth-order valence-corrected chi connectivity index (χ4v) is 5.41. The molecule has 0 aromatic carbocycles. The van der Waals surface area contributed by atoms with Crippen molar-refractivity contribution in [3.8, 4) is 0 Å². The Morgan fingerprint density at radius 3 is 2.71 bits per heavy atom. The molecule has 0 radical (unpaired) electrons. The number of likely N-dealkylation sites (tertiary alicyclic amines) is 1. The Hall–Kier alpha value is -1.33. The SMILES string of the molecule is C.O=C(C1CCOCC1)N1CCC(NC2=CCCC=C2)C2(O)CCCCCC12. The molecule has 2 heterocycles. The zero-order valence-corrected chi connectivity index (χ0v) is 16.4. The van der Waals surface area contributed by atoms with Crippen LogP contribution in [0.3, 0.4) is 0 Å². The van der Waals surface area contributed by atoms with Crippen molar-refractivity contribution in [2.75, 3.05) is 19.8 Å². The van der Waals surface area contributed by atoms with Gasteiger partial charge < -0.3 is 20.1 Å². The lowest BCUT2D eigenvalue weighted by atomic mass is 9.76. The minimum atomic E-state index is -0.832. The monoisotopic (exact) mass is 390 g/mol. The van der Waals surface area contributed by atoms with E-state index in [-0.39, 0.29) is 31.3 Å². The molecule has 158 valence electrons. The van der Waals surface area contributed by atoms with E-state index in [1.54, 1.807) is 0 Å². The molecule has 3 atom stereocenters. The van der Waals surface area contributed by atoms with E-state index < -0.39 is 5.60 Å². The van der Waals surface area contributed by atoms with Gasteiger partial charge in [0.2, 0.25) is 5.91 Å². The summed E-state index contributed by atoms with van der Waals surface area (Å²) in [6, 6.07) is -0.0388. The van der Waals surface area contributed by atoms with Crippen molar-refractivity contribution >= 4 is 5.91 Å². The lowest BCUT2D eigenvalue weighted by Gasteiger charge is -2.52. The molecule has 3 fully saturated rings. The van der Waals surface area contributed by atoms with Crippen LogP contribution in [0.5, 0.6) is 0 Å². The zero-order chi connectivity index (χ0) is 18.7. The van der Waals surface area contributed by atoms with Crippen LogP contribution in [-0.2, 0) is 9.53 Å². The van der Waals surface area contributed by atoms with E-state index in [1.807, 2.05) is 4.90 Å². The number of rotatable bonds is 3. The van der Waals surface area contributed by atoms with Crippen LogP contribution in [0, 0.1) is 5.92 Å². The lowest BCUT2D eigenvalue weighted by Crippen LogP contribution is -2.68. The summed E-state index contributed by atoms with van der Waals surface area (Å²) in [6.07, 6.45) is 16.1. The van der Waals surface area contributed by atoms with Gasteiger partial charge in [-0.3, -0.25) is 4.79 Å². The fourth-order valence-electron chi connectivity index (χ4n) is 5.41. The number of nitrogens with zero attached hydrogens (tertiary/aromatic N) is 1. The number of allylic oxidation sites excluding steroid dienone is 3. The zero-order valence-electron chi connectivity index (χ0n) is 16.4. The van der Waals surface area contributed by atoms with Crippen LogP contribution in [0.25, 0.3) is 0 Å². The van der Waals surface area contributed by atoms with Gasteiger partial charge in [0.15, 0.2) is 0 Å². The number of ether oxygens (including phenoxy) is 1. The summed E-state index contributed by atoms with van der Waals surface area (Å²) in [5.74, 6) is 0.318. The molecular weight excluding hydrogens is 352 g/mol. The summed E-state index contributed by atoms with van der Waals surface area (Å²) in [4.78, 5) is 15.3. The molecule has 2 aliphatic carbocycles. The van der Waals surface area contributed by atoms with Crippen molar-refractivity contribution in [3.05, 3.63) is 23.9 Å². The van der Waals surface area contributed by atoms with Gasteiger partial charge in [0.25, 0.3) is 0 Å². The molecule has 4 aliphatic rings. The van der Waals surface area contributed by atoms with Gasteiger partial charge in [-0.25, -0.2) is 0 Å². The maximum atomic E-state index is 13.3. The van der Waals surface area contributed by atoms with Crippen LogP contribution in [-0.4, -0.2) is 53.4 Å². The van der Waals surface area contributed by atoms with E-state index in [9.17, 15) is 9.90 Å². The Morgan fingerprint density at radius 2 is 1.96 bits per heavy atom. The number of nitrogens with one attached hydrogen (secondary N) is 1. The molecular formula is C23H38N2O3. The Labute approximate surface area is 170 Å². The number of aliphatic hydroxyl groups is 1. The van der Waals surface area contributed by atoms with Crippen LogP contribution in [0.2, 0.25) is 0 Å². The van der Waals surface area contributed by atoms with Crippen LogP contribution in [0.15, 0.2) is 23.9 Å². The standard InChI is InChI=1S/C22H34N2O3.CH4/c25-21(17-11-15-27-16-12-17)24-14-10-19(23-18-7-3-1-4-8-18)22(26)13-6-2-5-9-20(22)24;/h3,7-8,17,19-20,23,26H,1-2,4-6,9-16H2;1H4. The first-order chi connectivity index (χ1) is 13.2. The highest BCUT2D eigenvalue weighted by Crippen LogP contribution is 2.39. The molecule has 2 saturated heterocycles. The molecule has 0 spiro atoms. The molecule has 1 saturated carbocycles. The van der Waals surface area contributed by atoms with Gasteiger partial charge in [-0.1, -0.05) is 38.8 Å². The maximum Gasteiger partial charge on any atom is 0.226 e. The second-order valence-corrected chi connectivity index (χ2v) is 8.65. The highest BCUT2D eigenvalue weighted by molar-refractivity contribution is 5.79. The first-order valence-corrected chi connectivity index (χ1v) is 10.9. The number of fused-ring (bicyclic) bond motifs is 1. The van der Waals surface area contributed by atoms with E-state index in [0.29, 0.717) is 13.2 Å². The first-order valence-electron chi connectivity index (χ1n) is 10.9. The molecule has 2 aliphatic heterocycles. The van der Waals surface area contributed by atoms with E-state index in [0.717, 1.165) is 76.5 Å². The summed E-state index contributed by atoms with van der Waals surface area (Å²) < 4.78 is 5.44. The van der Waals surface area contributed by atoms with Crippen molar-refractivity contribution in [2.45, 2.75) is 89.3 Å². The van der Waals surface area contributed by atoms with Gasteiger partial charge in [-0.05, 0) is 51.0 Å². The van der Waals surface area contributed by atoms with Crippen LogP contribution in [0.4, 0.5) is 0 Å². The van der Waals surface area contributed by atoms with Crippen LogP contribution < -0.4 is 5.32 Å². The number of carbonyl (C=O) groups is 1. The quantitative estimate of drug-likeness (QED) is 0.774. The lowest BCUT2D eigenvalue weighted by molar-refractivity contribution is -0.158. The molecule has 0 aromatic heterocycles. The van der Waals surface area contributed by atoms with Crippen LogP contribution >= 0.6 is 0 Å². The average Bonchev–Trinajstić information content (AvgIpc) is 2.92. The van der Waals surface area contributed by atoms with Crippen LogP contribution in [0.1, 0.15) is 71.6 Å². The maximum absolute atomic E-state index is 13.3. The predicted molar refractivity (Wildman–Crippen MR) is 112 cm³/mol. The molecule has 0 aromatic rings. The third kappa shape index (κ3) is 4.30. The van der Waals surface area contributed by atoms with Crippen molar-refractivity contribution in [2.24, 2.45) is 5.92 Å². The second kappa shape index (κ2) is 9.45. The van der Waals surface area contributed by atoms with Gasteiger partial charge in [-0.2, -0.15) is 0 Å². The molecule has 0 bridgehead atoms. The van der Waals surface area contributed by atoms with E-state index in [2.05, 4.69) is 23.5 Å². The molecule has 5 nitrogen and oxygen atoms in total. The minimum absolute atomic E-state index is 0. The highest BCUT2D eigenvalue weighted by atomic mass is 16.5. The van der Waals surface area contributed by atoms with Crippen molar-refractivity contribution in [1.82, 2.24) is 10.2 Å². The highest BCUT2D eigenvalue weighted by Gasteiger charge is 2.51. The Bertz CT molecular complexity index is 597. The third-order valence-electron chi connectivity index (χ3n) is 6.96. The number of hydrogen-bond acceptors (Lipinski definition) is 4. The smallest absolute Gasteiger partial charge is 0.226 e. The molecule has 3 unspecified atom stereocenters. The number of piperidine rings is 1. The summed E-state index contributed by atoms with van der Waals surface area (Å²) in [5.41, 5.74) is 0.300. The Morgan fingerprint density at radius 1 is 1.14 bits per heavy atom. The topological polar surface area (TPSA) is 61.8 Å². The summed E-state index contributed by atoms with van der Waals surface area (Å²) >= 11 is 0. The molecule has 1 amide bonds. The average molecular weight is 391 g/mol. The number of carbonyl (C=O) groups excluding carboxylic acids is 1. The van der Waals surface area contributed by atoms with Gasteiger partial charge in [0.1, 0.15) is 5.60 Å². The predicted octanol–water partition coefficient (Wildman–Crippen LogP) is 3.54. The van der Waals surface area contributed by atoms with E-state index in [4.69, 9.17) is 4.74 Å². The van der Waals surface area contributed by atoms with Gasteiger partial charge in [-0.15, -0.1) is 0 Å². The molecule has 28 heavy (non-hydrogen) atoms. The molecule has 4 rings (SSSR count). The number of hydrogen-bond donors (Lipinski definition) is 2. The van der Waals surface area contributed by atoms with E-state index >= 15 is 0 Å². The first kappa shape index (κ1) is 21.4. The minimum Gasteiger partial charge on any atom is -0.386 e. The van der Waals surface area contributed by atoms with Gasteiger partial charge in [0.05, 0.1) is 12.1 Å². The normalized spacial score (nSPS) is 33.9. The van der Waals surface area contributed by atoms with Crippen molar-refractivity contribution in [1.29, 1.82) is 0 Å². The van der Waals surface area contributed by atoms with Gasteiger partial charge in [0, 0.05) is 31.4 Å². The Kier molecular flexibility index (Phi) is 7.21. The number of amides is 1. The second-order valence-electron chi connectivity index (χ2n) is 8.65. The summed E-state index contributed by atoms with van der Waals surface area (Å²) in [5, 5.41) is 15.5. The van der Waals surface area contributed by atoms with Crippen molar-refractivity contribution in [3.63, 3.8) is 0 Å². The Balaban J connectivity index is 0.00000225. The molecule has 2 N–H and O–H groups in total. The van der Waals surface area contributed by atoms with E-state index in [1.165, 1.54) is 0 Å².